The van der Waals surface area contributed by atoms with Crippen molar-refractivity contribution in [2.45, 2.75) is 32.9 Å². The highest BCUT2D eigenvalue weighted by atomic mass is 16.5. The van der Waals surface area contributed by atoms with E-state index in [4.69, 9.17) is 9.72 Å². The van der Waals surface area contributed by atoms with Gasteiger partial charge < -0.3 is 14.6 Å². The second-order valence-corrected chi connectivity index (χ2v) is 8.85. The van der Waals surface area contributed by atoms with E-state index in [0.29, 0.717) is 12.2 Å². The van der Waals surface area contributed by atoms with Crippen LogP contribution >= 0.6 is 0 Å². The van der Waals surface area contributed by atoms with Crippen molar-refractivity contribution in [3.8, 4) is 5.75 Å². The van der Waals surface area contributed by atoms with Gasteiger partial charge in [-0.05, 0) is 56.0 Å². The van der Waals surface area contributed by atoms with Crippen molar-refractivity contribution in [1.82, 2.24) is 14.9 Å². The molecule has 4 aromatic carbocycles. The highest BCUT2D eigenvalue weighted by Gasteiger charge is 2.19. The highest BCUT2D eigenvalue weighted by Crippen LogP contribution is 2.26. The van der Waals surface area contributed by atoms with Crippen LogP contribution in [0.3, 0.4) is 0 Å². The Morgan fingerprint density at radius 3 is 2.63 bits per heavy atom. The molecule has 5 rings (SSSR count). The molecule has 35 heavy (non-hydrogen) atoms. The van der Waals surface area contributed by atoms with Crippen LogP contribution in [0.2, 0.25) is 0 Å². The number of benzene rings is 4. The number of hydrogen-bond donors (Lipinski definition) is 1. The SMILES string of the molecule is Cc1cccc(C(=O)NC(C)c2nc3ccccc3n2CCCOc2cccc3ccccc23)c1. The van der Waals surface area contributed by atoms with Gasteiger partial charge in [-0.25, -0.2) is 4.98 Å². The second-order valence-electron chi connectivity index (χ2n) is 8.85. The molecule has 176 valence electrons. The molecule has 1 heterocycles. The van der Waals surface area contributed by atoms with Crippen molar-refractivity contribution < 1.29 is 9.53 Å². The second kappa shape index (κ2) is 10.0. The molecule has 5 nitrogen and oxygen atoms in total. The number of fused-ring (bicyclic) bond motifs is 2. The zero-order valence-electron chi connectivity index (χ0n) is 20.1. The molecule has 5 heteroatoms. The van der Waals surface area contributed by atoms with E-state index < -0.39 is 0 Å². The summed E-state index contributed by atoms with van der Waals surface area (Å²) in [5, 5.41) is 5.42. The maximum atomic E-state index is 12.9. The first-order valence-electron chi connectivity index (χ1n) is 12.0. The maximum Gasteiger partial charge on any atom is 0.251 e. The number of rotatable bonds is 8. The quantitative estimate of drug-likeness (QED) is 0.269. The number of ether oxygens (including phenoxy) is 1. The number of aryl methyl sites for hydroxylation is 2. The maximum absolute atomic E-state index is 12.9. The van der Waals surface area contributed by atoms with Crippen molar-refractivity contribution in [2.75, 3.05) is 6.61 Å². The van der Waals surface area contributed by atoms with Crippen molar-refractivity contribution in [3.63, 3.8) is 0 Å². The number of para-hydroxylation sites is 2. The predicted molar refractivity (Wildman–Crippen MR) is 141 cm³/mol. The number of aromatic nitrogens is 2. The Bertz CT molecular complexity index is 1480. The lowest BCUT2D eigenvalue weighted by Crippen LogP contribution is -2.29. The van der Waals surface area contributed by atoms with Gasteiger partial charge in [-0.1, -0.05) is 66.2 Å². The third-order valence-electron chi connectivity index (χ3n) is 6.23. The smallest absolute Gasteiger partial charge is 0.251 e. The van der Waals surface area contributed by atoms with Crippen LogP contribution in [-0.4, -0.2) is 22.1 Å². The third kappa shape index (κ3) is 4.90. The van der Waals surface area contributed by atoms with Gasteiger partial charge in [-0.3, -0.25) is 4.79 Å². The van der Waals surface area contributed by atoms with E-state index in [1.165, 1.54) is 5.39 Å². The summed E-state index contributed by atoms with van der Waals surface area (Å²) in [6.45, 7) is 5.30. The Morgan fingerprint density at radius 2 is 1.74 bits per heavy atom. The van der Waals surface area contributed by atoms with Crippen LogP contribution < -0.4 is 10.1 Å². The number of hydrogen-bond acceptors (Lipinski definition) is 3. The summed E-state index contributed by atoms with van der Waals surface area (Å²) >= 11 is 0. The van der Waals surface area contributed by atoms with Crippen LogP contribution in [0.25, 0.3) is 21.8 Å². The third-order valence-corrected chi connectivity index (χ3v) is 6.23. The molecule has 0 aliphatic heterocycles. The lowest BCUT2D eigenvalue weighted by molar-refractivity contribution is 0.0937. The molecule has 0 radical (unpaired) electrons. The van der Waals surface area contributed by atoms with Crippen LogP contribution in [0, 0.1) is 6.92 Å². The van der Waals surface area contributed by atoms with Crippen LogP contribution in [0.15, 0.2) is 91.0 Å². The summed E-state index contributed by atoms with van der Waals surface area (Å²) in [6, 6.07) is 29.9. The van der Waals surface area contributed by atoms with Gasteiger partial charge in [0.25, 0.3) is 5.91 Å². The van der Waals surface area contributed by atoms with Crippen LogP contribution in [0.5, 0.6) is 5.75 Å². The van der Waals surface area contributed by atoms with Crippen LogP contribution in [-0.2, 0) is 6.54 Å². The number of carbonyl (C=O) groups excluding carboxylic acids is 1. The van der Waals surface area contributed by atoms with E-state index in [9.17, 15) is 4.79 Å². The van der Waals surface area contributed by atoms with Gasteiger partial charge in [0.2, 0.25) is 0 Å². The van der Waals surface area contributed by atoms with Gasteiger partial charge in [0.15, 0.2) is 0 Å². The fourth-order valence-corrected chi connectivity index (χ4v) is 4.52. The largest absolute Gasteiger partial charge is 0.493 e. The Morgan fingerprint density at radius 1 is 0.971 bits per heavy atom. The molecule has 1 atom stereocenters. The molecule has 0 bridgehead atoms. The first kappa shape index (κ1) is 22.7. The number of nitrogens with zero attached hydrogens (tertiary/aromatic N) is 2. The number of nitrogens with one attached hydrogen (secondary N) is 1. The minimum Gasteiger partial charge on any atom is -0.493 e. The predicted octanol–water partition coefficient (Wildman–Crippen LogP) is 6.46. The summed E-state index contributed by atoms with van der Waals surface area (Å²) in [4.78, 5) is 17.7. The molecule has 0 spiro atoms. The molecule has 0 aliphatic rings. The Balaban J connectivity index is 1.31. The first-order valence-corrected chi connectivity index (χ1v) is 12.0. The van der Waals surface area contributed by atoms with E-state index in [0.717, 1.165) is 46.5 Å². The zero-order chi connectivity index (χ0) is 24.2. The average molecular weight is 464 g/mol. The standard InChI is InChI=1S/C30H29N3O2/c1-21-10-7-13-24(20-21)30(34)31-22(2)29-32-26-15-5-6-16-27(26)33(29)18-9-19-35-28-17-8-12-23-11-3-4-14-25(23)28/h3-8,10-17,20,22H,9,18-19H2,1-2H3,(H,31,34). The van der Waals surface area contributed by atoms with Gasteiger partial charge >= 0.3 is 0 Å². The summed E-state index contributed by atoms with van der Waals surface area (Å²) in [7, 11) is 0. The van der Waals surface area contributed by atoms with E-state index in [1.54, 1.807) is 0 Å². The molecule has 0 saturated heterocycles. The van der Waals surface area contributed by atoms with Crippen molar-refractivity contribution in [1.29, 1.82) is 0 Å². The lowest BCUT2D eigenvalue weighted by atomic mass is 10.1. The monoisotopic (exact) mass is 463 g/mol. The van der Waals surface area contributed by atoms with Crippen molar-refractivity contribution in [2.24, 2.45) is 0 Å². The van der Waals surface area contributed by atoms with Gasteiger partial charge in [-0.2, -0.15) is 0 Å². The summed E-state index contributed by atoms with van der Waals surface area (Å²) in [5.74, 6) is 1.65. The van der Waals surface area contributed by atoms with E-state index in [2.05, 4.69) is 34.1 Å². The van der Waals surface area contributed by atoms with Gasteiger partial charge in [0, 0.05) is 17.5 Å². The van der Waals surface area contributed by atoms with E-state index in [-0.39, 0.29) is 11.9 Å². The minimum atomic E-state index is -0.241. The molecule has 1 N–H and O–H groups in total. The summed E-state index contributed by atoms with van der Waals surface area (Å²) in [6.07, 6.45) is 0.815. The van der Waals surface area contributed by atoms with Crippen molar-refractivity contribution in [3.05, 3.63) is 108 Å². The summed E-state index contributed by atoms with van der Waals surface area (Å²) < 4.78 is 8.36. The van der Waals surface area contributed by atoms with Gasteiger partial charge in [0.05, 0.1) is 23.7 Å². The molecule has 1 aromatic heterocycles. The molecule has 5 aromatic rings. The Labute approximate surface area is 205 Å². The zero-order valence-corrected chi connectivity index (χ0v) is 20.1. The lowest BCUT2D eigenvalue weighted by Gasteiger charge is -2.17. The molecule has 0 fully saturated rings. The fraction of sp³-hybridized carbons (Fsp3) is 0.200. The molecule has 1 unspecified atom stereocenters. The normalized spacial score (nSPS) is 12.1. The first-order chi connectivity index (χ1) is 17.1. The minimum absolute atomic E-state index is 0.0981. The molecular formula is C30H29N3O2. The Kier molecular flexibility index (Phi) is 6.49. The van der Waals surface area contributed by atoms with Gasteiger partial charge in [0.1, 0.15) is 11.6 Å². The van der Waals surface area contributed by atoms with Crippen LogP contribution in [0.1, 0.15) is 41.1 Å². The molecule has 0 aliphatic carbocycles. The summed E-state index contributed by atoms with van der Waals surface area (Å²) in [5.41, 5.74) is 3.70. The number of imidazole rings is 1. The average Bonchev–Trinajstić information content (AvgIpc) is 3.25. The van der Waals surface area contributed by atoms with E-state index >= 15 is 0 Å². The highest BCUT2D eigenvalue weighted by molar-refractivity contribution is 5.94. The molecule has 1 amide bonds. The topological polar surface area (TPSA) is 56.2 Å². The van der Waals surface area contributed by atoms with E-state index in [1.807, 2.05) is 80.6 Å². The van der Waals surface area contributed by atoms with Crippen LogP contribution in [0.4, 0.5) is 0 Å². The Hall–Kier alpha value is -4.12. The number of carbonyl (C=O) groups is 1. The fourth-order valence-electron chi connectivity index (χ4n) is 4.52. The number of amides is 1. The molecule has 0 saturated carbocycles. The molecular weight excluding hydrogens is 434 g/mol. The van der Waals surface area contributed by atoms with Crippen molar-refractivity contribution >= 4 is 27.7 Å². The van der Waals surface area contributed by atoms with Gasteiger partial charge in [-0.15, -0.1) is 0 Å².